The van der Waals surface area contributed by atoms with E-state index in [1.807, 2.05) is 27.7 Å². The third kappa shape index (κ3) is 6.35. The van der Waals surface area contributed by atoms with E-state index in [1.165, 1.54) is 13.2 Å². The molecule has 9 heteroatoms. The summed E-state index contributed by atoms with van der Waals surface area (Å²) in [5.74, 6) is -2.58. The van der Waals surface area contributed by atoms with Crippen molar-refractivity contribution >= 4 is 29.5 Å². The number of hydrogen-bond acceptors (Lipinski definition) is 8. The van der Waals surface area contributed by atoms with E-state index in [4.69, 9.17) is 30.5 Å². The van der Waals surface area contributed by atoms with E-state index in [-0.39, 0.29) is 49.6 Å². The second-order valence-electron chi connectivity index (χ2n) is 9.13. The standard InChI is InChI=1S/C22H33ClO8/c1-12(2)6-18(25)28-9-15-10-29-21(31-19(26)7-13(3)4)20-16(15)8-17(30-14(5)24)22(20,27)11-23/h10,12-13,16-17,20-21,27H,6-9,11H2,1-5H3/t16-,17+,20+,21-,22-/m1/s1. The maximum atomic E-state index is 12.3. The van der Waals surface area contributed by atoms with Gasteiger partial charge in [0.15, 0.2) is 0 Å². The Morgan fingerprint density at radius 2 is 1.77 bits per heavy atom. The Morgan fingerprint density at radius 1 is 1.16 bits per heavy atom. The number of carbonyl (C=O) groups is 3. The Morgan fingerprint density at radius 3 is 2.32 bits per heavy atom. The average Bonchev–Trinajstić information content (AvgIpc) is 2.93. The number of alkyl halides is 1. The highest BCUT2D eigenvalue weighted by molar-refractivity contribution is 6.18. The quantitative estimate of drug-likeness (QED) is 0.318. The topological polar surface area (TPSA) is 108 Å². The van der Waals surface area contributed by atoms with E-state index in [0.717, 1.165) is 0 Å². The normalized spacial score (nSPS) is 29.8. The van der Waals surface area contributed by atoms with Crippen molar-refractivity contribution in [3.8, 4) is 0 Å². The van der Waals surface area contributed by atoms with Crippen LogP contribution < -0.4 is 0 Å². The number of halogens is 1. The summed E-state index contributed by atoms with van der Waals surface area (Å²) in [5, 5.41) is 11.4. The molecular weight excluding hydrogens is 428 g/mol. The van der Waals surface area contributed by atoms with Crippen LogP contribution in [-0.2, 0) is 33.3 Å². The van der Waals surface area contributed by atoms with Gasteiger partial charge in [-0.1, -0.05) is 27.7 Å². The minimum absolute atomic E-state index is 0.0372. The number of esters is 3. The van der Waals surface area contributed by atoms with Gasteiger partial charge >= 0.3 is 17.9 Å². The molecule has 1 fully saturated rings. The monoisotopic (exact) mass is 460 g/mol. The van der Waals surface area contributed by atoms with Gasteiger partial charge in [-0.15, -0.1) is 11.6 Å². The smallest absolute Gasteiger partial charge is 0.309 e. The summed E-state index contributed by atoms with van der Waals surface area (Å²) in [6.45, 7) is 8.81. The second-order valence-corrected chi connectivity index (χ2v) is 9.40. The van der Waals surface area contributed by atoms with Crippen molar-refractivity contribution in [1.82, 2.24) is 0 Å². The fourth-order valence-corrected chi connectivity index (χ4v) is 4.46. The minimum Gasteiger partial charge on any atom is -0.462 e. The minimum atomic E-state index is -1.68. The maximum absolute atomic E-state index is 12.3. The Balaban J connectivity index is 2.27. The van der Waals surface area contributed by atoms with Crippen molar-refractivity contribution < 1.29 is 38.4 Å². The predicted molar refractivity (Wildman–Crippen MR) is 112 cm³/mol. The average molecular weight is 461 g/mol. The summed E-state index contributed by atoms with van der Waals surface area (Å²) in [7, 11) is 0. The molecule has 1 aliphatic heterocycles. The number of ether oxygens (including phenoxy) is 4. The molecule has 176 valence electrons. The SMILES string of the molecule is CC(=O)O[C@H]1C[C@@H]2C(COC(=O)CC(C)C)=CO[C@H](OC(=O)CC(C)C)[C@H]2[C@@]1(O)CCl. The van der Waals surface area contributed by atoms with Crippen LogP contribution in [-0.4, -0.2) is 53.5 Å². The van der Waals surface area contributed by atoms with Crippen LogP contribution in [0.25, 0.3) is 0 Å². The molecule has 0 aromatic heterocycles. The summed E-state index contributed by atoms with van der Waals surface area (Å²) >= 11 is 6.12. The molecule has 0 aromatic carbocycles. The first kappa shape index (κ1) is 25.5. The Kier molecular flexibility index (Phi) is 8.77. The zero-order valence-electron chi connectivity index (χ0n) is 18.8. The molecule has 0 saturated heterocycles. The molecule has 0 amide bonds. The van der Waals surface area contributed by atoms with E-state index in [2.05, 4.69) is 0 Å². The van der Waals surface area contributed by atoms with E-state index < -0.39 is 41.8 Å². The van der Waals surface area contributed by atoms with Gasteiger partial charge in [0.25, 0.3) is 0 Å². The van der Waals surface area contributed by atoms with Gasteiger partial charge in [0, 0.05) is 31.3 Å². The van der Waals surface area contributed by atoms with Gasteiger partial charge in [0.05, 0.1) is 18.1 Å². The first-order valence-corrected chi connectivity index (χ1v) is 11.2. The van der Waals surface area contributed by atoms with Crippen molar-refractivity contribution in [2.45, 2.75) is 71.9 Å². The van der Waals surface area contributed by atoms with Gasteiger partial charge in [0.2, 0.25) is 6.29 Å². The van der Waals surface area contributed by atoms with Gasteiger partial charge in [-0.3, -0.25) is 14.4 Å². The van der Waals surface area contributed by atoms with E-state index in [9.17, 15) is 19.5 Å². The van der Waals surface area contributed by atoms with Crippen LogP contribution >= 0.6 is 11.6 Å². The first-order valence-electron chi connectivity index (χ1n) is 10.6. The van der Waals surface area contributed by atoms with E-state index in [1.54, 1.807) is 0 Å². The van der Waals surface area contributed by atoms with Crippen LogP contribution in [0, 0.1) is 23.7 Å². The van der Waals surface area contributed by atoms with Crippen LogP contribution in [0.15, 0.2) is 11.8 Å². The molecule has 1 N–H and O–H groups in total. The zero-order valence-corrected chi connectivity index (χ0v) is 19.5. The lowest BCUT2D eigenvalue weighted by Crippen LogP contribution is -2.53. The summed E-state index contributed by atoms with van der Waals surface area (Å²) in [6, 6.07) is 0. The molecule has 31 heavy (non-hydrogen) atoms. The molecular formula is C22H33ClO8. The van der Waals surface area contributed by atoms with E-state index >= 15 is 0 Å². The van der Waals surface area contributed by atoms with Crippen molar-refractivity contribution in [3.05, 3.63) is 11.8 Å². The molecule has 1 saturated carbocycles. The highest BCUT2D eigenvalue weighted by Gasteiger charge is 2.62. The molecule has 0 aromatic rings. The highest BCUT2D eigenvalue weighted by Crippen LogP contribution is 2.51. The molecule has 2 rings (SSSR count). The first-order chi connectivity index (χ1) is 14.5. The lowest BCUT2D eigenvalue weighted by molar-refractivity contribution is -0.211. The third-order valence-corrected chi connectivity index (χ3v) is 5.91. The van der Waals surface area contributed by atoms with Gasteiger partial charge in [-0.25, -0.2) is 0 Å². The Hall–Kier alpha value is -1.80. The summed E-state index contributed by atoms with van der Waals surface area (Å²) in [5.41, 5.74) is -1.07. The summed E-state index contributed by atoms with van der Waals surface area (Å²) in [4.78, 5) is 35.9. The fraction of sp³-hybridized carbons (Fsp3) is 0.773. The van der Waals surface area contributed by atoms with Crippen molar-refractivity contribution in [1.29, 1.82) is 0 Å². The zero-order chi connectivity index (χ0) is 23.3. The van der Waals surface area contributed by atoms with Gasteiger partial charge in [-0.05, 0) is 18.3 Å². The van der Waals surface area contributed by atoms with Crippen LogP contribution in [0.1, 0.15) is 53.9 Å². The Labute approximate surface area is 188 Å². The summed E-state index contributed by atoms with van der Waals surface area (Å²) < 4.78 is 21.9. The summed E-state index contributed by atoms with van der Waals surface area (Å²) in [6.07, 6.45) is 0.0907. The van der Waals surface area contributed by atoms with Crippen LogP contribution in [0.2, 0.25) is 0 Å². The van der Waals surface area contributed by atoms with Crippen LogP contribution in [0.3, 0.4) is 0 Å². The van der Waals surface area contributed by atoms with Gasteiger partial charge in [-0.2, -0.15) is 0 Å². The number of hydrogen-bond donors (Lipinski definition) is 1. The third-order valence-electron chi connectivity index (χ3n) is 5.48. The Bertz CT molecular complexity index is 704. The highest BCUT2D eigenvalue weighted by atomic mass is 35.5. The molecule has 1 aliphatic carbocycles. The molecule has 1 heterocycles. The molecule has 2 aliphatic rings. The maximum Gasteiger partial charge on any atom is 0.309 e. The van der Waals surface area contributed by atoms with Gasteiger partial charge < -0.3 is 24.1 Å². The van der Waals surface area contributed by atoms with Crippen molar-refractivity contribution in [3.63, 3.8) is 0 Å². The molecule has 8 nitrogen and oxygen atoms in total. The van der Waals surface area contributed by atoms with E-state index in [0.29, 0.717) is 5.57 Å². The molecule has 5 atom stereocenters. The van der Waals surface area contributed by atoms with Crippen LogP contribution in [0.5, 0.6) is 0 Å². The number of fused-ring (bicyclic) bond motifs is 1. The molecule has 0 unspecified atom stereocenters. The molecule has 0 radical (unpaired) electrons. The fourth-order valence-electron chi connectivity index (χ4n) is 4.11. The molecule has 0 bridgehead atoms. The number of aliphatic hydroxyl groups is 1. The van der Waals surface area contributed by atoms with Crippen LogP contribution in [0.4, 0.5) is 0 Å². The van der Waals surface area contributed by atoms with Crippen molar-refractivity contribution in [2.24, 2.45) is 23.7 Å². The van der Waals surface area contributed by atoms with Crippen molar-refractivity contribution in [2.75, 3.05) is 12.5 Å². The lowest BCUT2D eigenvalue weighted by Gasteiger charge is -2.40. The predicted octanol–water partition coefficient (Wildman–Crippen LogP) is 2.94. The molecule has 0 spiro atoms. The number of rotatable bonds is 9. The van der Waals surface area contributed by atoms with Gasteiger partial charge in [0.1, 0.15) is 18.3 Å². The second kappa shape index (κ2) is 10.7. The largest absolute Gasteiger partial charge is 0.462 e. The lowest BCUT2D eigenvalue weighted by atomic mass is 9.81. The number of carbonyl (C=O) groups excluding carboxylic acids is 3.